The van der Waals surface area contributed by atoms with Crippen molar-refractivity contribution in [1.29, 1.82) is 0 Å². The number of aliphatic hydroxyl groups excluding tert-OH is 1. The Kier molecular flexibility index (Phi) is 4.42. The topological polar surface area (TPSA) is 53.7 Å². The van der Waals surface area contributed by atoms with Crippen LogP contribution in [0, 0.1) is 0 Å². The maximum atomic E-state index is 12.4. The Bertz CT molecular complexity index is 372. The highest BCUT2D eigenvalue weighted by Gasteiger charge is 2.27. The minimum absolute atomic E-state index is 0.0244. The molecule has 0 radical (unpaired) electrons. The van der Waals surface area contributed by atoms with Gasteiger partial charge < -0.3 is 14.4 Å². The summed E-state index contributed by atoms with van der Waals surface area (Å²) in [5.74, 6) is 0.0244. The fraction of sp³-hybridized carbons (Fsp3) is 0.643. The summed E-state index contributed by atoms with van der Waals surface area (Å²) < 4.78 is 4.98. The van der Waals surface area contributed by atoms with Crippen LogP contribution in [-0.2, 0) is 0 Å². The molecule has 1 amide bonds. The van der Waals surface area contributed by atoms with Crippen molar-refractivity contribution in [3.05, 3.63) is 24.2 Å². The zero-order valence-corrected chi connectivity index (χ0v) is 10.8. The van der Waals surface area contributed by atoms with Crippen molar-refractivity contribution < 1.29 is 14.3 Å². The third-order valence-electron chi connectivity index (χ3n) is 3.52. The Labute approximate surface area is 108 Å². The maximum absolute atomic E-state index is 12.4. The van der Waals surface area contributed by atoms with E-state index in [1.54, 1.807) is 13.0 Å². The molecule has 1 N–H and O–H groups in total. The molecule has 2 heterocycles. The summed E-state index contributed by atoms with van der Waals surface area (Å²) >= 11 is 0. The smallest absolute Gasteiger partial charge is 0.257 e. The van der Waals surface area contributed by atoms with Crippen LogP contribution in [0.4, 0.5) is 0 Å². The van der Waals surface area contributed by atoms with E-state index in [1.807, 2.05) is 4.90 Å². The van der Waals surface area contributed by atoms with E-state index in [1.165, 1.54) is 12.5 Å². The minimum Gasteiger partial charge on any atom is -0.472 e. The Morgan fingerprint density at radius 1 is 1.56 bits per heavy atom. The van der Waals surface area contributed by atoms with Crippen LogP contribution in [0.1, 0.15) is 49.4 Å². The Hall–Kier alpha value is -1.29. The summed E-state index contributed by atoms with van der Waals surface area (Å²) in [6, 6.07) is 1.85. The molecule has 2 atom stereocenters. The van der Waals surface area contributed by atoms with Gasteiger partial charge in [-0.2, -0.15) is 0 Å². The number of hydrogen-bond acceptors (Lipinski definition) is 3. The SMILES string of the molecule is CC(O)CC1CCCCCN1C(=O)c1ccoc1. The van der Waals surface area contributed by atoms with Crippen LogP contribution in [0.15, 0.2) is 23.0 Å². The van der Waals surface area contributed by atoms with Gasteiger partial charge in [0.1, 0.15) is 6.26 Å². The third kappa shape index (κ3) is 3.13. The molecule has 0 aliphatic carbocycles. The van der Waals surface area contributed by atoms with Gasteiger partial charge >= 0.3 is 0 Å². The van der Waals surface area contributed by atoms with Gasteiger partial charge in [0.2, 0.25) is 0 Å². The quantitative estimate of drug-likeness (QED) is 0.897. The van der Waals surface area contributed by atoms with E-state index >= 15 is 0 Å². The van der Waals surface area contributed by atoms with Crippen LogP contribution < -0.4 is 0 Å². The highest BCUT2D eigenvalue weighted by Crippen LogP contribution is 2.22. The molecule has 1 aromatic rings. The van der Waals surface area contributed by atoms with Crippen molar-refractivity contribution in [2.45, 2.75) is 51.2 Å². The molecule has 4 nitrogen and oxygen atoms in total. The van der Waals surface area contributed by atoms with Crippen molar-refractivity contribution in [3.8, 4) is 0 Å². The number of furan rings is 1. The first-order chi connectivity index (χ1) is 8.68. The number of hydrogen-bond donors (Lipinski definition) is 1. The van der Waals surface area contributed by atoms with Crippen LogP contribution in [0.5, 0.6) is 0 Å². The van der Waals surface area contributed by atoms with Crippen molar-refractivity contribution in [1.82, 2.24) is 4.90 Å². The number of carbonyl (C=O) groups is 1. The molecule has 1 aliphatic heterocycles. The van der Waals surface area contributed by atoms with Crippen molar-refractivity contribution >= 4 is 5.91 Å². The van der Waals surface area contributed by atoms with Gasteiger partial charge in [-0.15, -0.1) is 0 Å². The summed E-state index contributed by atoms with van der Waals surface area (Å²) in [5, 5.41) is 9.57. The first kappa shape index (κ1) is 13.1. The van der Waals surface area contributed by atoms with Gasteiger partial charge in [0.05, 0.1) is 17.9 Å². The van der Waals surface area contributed by atoms with E-state index in [0.717, 1.165) is 32.2 Å². The molecule has 0 bridgehead atoms. The molecule has 1 aliphatic rings. The molecule has 4 heteroatoms. The lowest BCUT2D eigenvalue weighted by atomic mass is 10.0. The highest BCUT2D eigenvalue weighted by molar-refractivity contribution is 5.94. The number of amides is 1. The molecule has 1 aromatic heterocycles. The fourth-order valence-electron chi connectivity index (χ4n) is 2.64. The van der Waals surface area contributed by atoms with Crippen LogP contribution in [-0.4, -0.2) is 34.6 Å². The Morgan fingerprint density at radius 3 is 3.06 bits per heavy atom. The Balaban J connectivity index is 2.12. The van der Waals surface area contributed by atoms with Crippen LogP contribution in [0.3, 0.4) is 0 Å². The number of likely N-dealkylation sites (tertiary alicyclic amines) is 1. The van der Waals surface area contributed by atoms with Gasteiger partial charge in [-0.1, -0.05) is 12.8 Å². The van der Waals surface area contributed by atoms with E-state index in [0.29, 0.717) is 12.0 Å². The number of rotatable bonds is 3. The van der Waals surface area contributed by atoms with Gasteiger partial charge in [0.25, 0.3) is 5.91 Å². The molecule has 0 saturated carbocycles. The second kappa shape index (κ2) is 6.05. The molecular formula is C14H21NO3. The van der Waals surface area contributed by atoms with Crippen molar-refractivity contribution in [3.63, 3.8) is 0 Å². The molecule has 1 fully saturated rings. The second-order valence-corrected chi connectivity index (χ2v) is 5.10. The Morgan fingerprint density at radius 2 is 2.39 bits per heavy atom. The standard InChI is InChI=1S/C14H21NO3/c1-11(16)9-13-5-3-2-4-7-15(13)14(17)12-6-8-18-10-12/h6,8,10-11,13,16H,2-5,7,9H2,1H3. The minimum atomic E-state index is -0.368. The van der Waals surface area contributed by atoms with Gasteiger partial charge in [0, 0.05) is 12.6 Å². The monoisotopic (exact) mass is 251 g/mol. The van der Waals surface area contributed by atoms with Crippen LogP contribution in [0.25, 0.3) is 0 Å². The normalized spacial score (nSPS) is 22.6. The average molecular weight is 251 g/mol. The lowest BCUT2D eigenvalue weighted by Gasteiger charge is -2.30. The van der Waals surface area contributed by atoms with Gasteiger partial charge in [-0.05, 0) is 32.3 Å². The van der Waals surface area contributed by atoms with Gasteiger partial charge in [-0.3, -0.25) is 4.79 Å². The summed E-state index contributed by atoms with van der Waals surface area (Å²) in [7, 11) is 0. The van der Waals surface area contributed by atoms with E-state index < -0.39 is 0 Å². The maximum Gasteiger partial charge on any atom is 0.257 e. The summed E-state index contributed by atoms with van der Waals surface area (Å²) in [4.78, 5) is 14.3. The van der Waals surface area contributed by atoms with E-state index in [9.17, 15) is 9.90 Å². The predicted octanol–water partition coefficient (Wildman–Crippen LogP) is 2.44. The van der Waals surface area contributed by atoms with Crippen LogP contribution in [0.2, 0.25) is 0 Å². The fourth-order valence-corrected chi connectivity index (χ4v) is 2.64. The highest BCUT2D eigenvalue weighted by atomic mass is 16.3. The third-order valence-corrected chi connectivity index (χ3v) is 3.52. The average Bonchev–Trinajstić information content (AvgIpc) is 2.76. The lowest BCUT2D eigenvalue weighted by molar-refractivity contribution is 0.0606. The number of carbonyl (C=O) groups excluding carboxylic acids is 1. The molecule has 2 rings (SSSR count). The van der Waals surface area contributed by atoms with Crippen molar-refractivity contribution in [2.24, 2.45) is 0 Å². The molecule has 18 heavy (non-hydrogen) atoms. The van der Waals surface area contributed by atoms with E-state index in [2.05, 4.69) is 0 Å². The predicted molar refractivity (Wildman–Crippen MR) is 68.3 cm³/mol. The summed E-state index contributed by atoms with van der Waals surface area (Å²) in [5.41, 5.74) is 0.604. The molecular weight excluding hydrogens is 230 g/mol. The molecule has 0 spiro atoms. The number of nitrogens with zero attached hydrogens (tertiary/aromatic N) is 1. The van der Waals surface area contributed by atoms with Crippen molar-refractivity contribution in [2.75, 3.05) is 6.54 Å². The molecule has 2 unspecified atom stereocenters. The largest absolute Gasteiger partial charge is 0.472 e. The molecule has 1 saturated heterocycles. The van der Waals surface area contributed by atoms with Gasteiger partial charge in [0.15, 0.2) is 0 Å². The number of aliphatic hydroxyl groups is 1. The summed E-state index contributed by atoms with van der Waals surface area (Å²) in [6.45, 7) is 2.56. The lowest BCUT2D eigenvalue weighted by Crippen LogP contribution is -2.41. The second-order valence-electron chi connectivity index (χ2n) is 5.10. The first-order valence-electron chi connectivity index (χ1n) is 6.69. The van der Waals surface area contributed by atoms with Crippen LogP contribution >= 0.6 is 0 Å². The molecule has 0 aromatic carbocycles. The summed E-state index contributed by atoms with van der Waals surface area (Å²) in [6.07, 6.45) is 7.62. The van der Waals surface area contributed by atoms with E-state index in [4.69, 9.17) is 4.42 Å². The van der Waals surface area contributed by atoms with E-state index in [-0.39, 0.29) is 18.1 Å². The van der Waals surface area contributed by atoms with Gasteiger partial charge in [-0.25, -0.2) is 0 Å². The first-order valence-corrected chi connectivity index (χ1v) is 6.69. The zero-order chi connectivity index (χ0) is 13.0. The molecule has 100 valence electrons. The zero-order valence-electron chi connectivity index (χ0n) is 10.8.